The van der Waals surface area contributed by atoms with Crippen LogP contribution in [0, 0.1) is 0 Å². The predicted octanol–water partition coefficient (Wildman–Crippen LogP) is 4.26. The fourth-order valence-electron chi connectivity index (χ4n) is 3.26. The highest BCUT2D eigenvalue weighted by molar-refractivity contribution is 14.1. The van der Waals surface area contributed by atoms with Gasteiger partial charge in [-0.1, -0.05) is 81.4 Å². The van der Waals surface area contributed by atoms with Crippen LogP contribution in [-0.4, -0.2) is 26.6 Å². The summed E-state index contributed by atoms with van der Waals surface area (Å²) in [4.78, 5) is 0. The highest BCUT2D eigenvalue weighted by Crippen LogP contribution is 2.37. The molecule has 1 N–H and O–H groups in total. The van der Waals surface area contributed by atoms with Crippen molar-refractivity contribution in [2.24, 2.45) is 0 Å². The first-order valence-electron chi connectivity index (χ1n) is 8.62. The van der Waals surface area contributed by atoms with Gasteiger partial charge in [-0.3, -0.25) is 0 Å². The molecule has 0 radical (unpaired) electrons. The Morgan fingerprint density at radius 1 is 1.00 bits per heavy atom. The molecular weight excluding hydrogens is 439 g/mol. The Kier molecular flexibility index (Phi) is 7.43. The van der Waals surface area contributed by atoms with E-state index in [0.717, 1.165) is 10.0 Å². The predicted molar refractivity (Wildman–Crippen MR) is 117 cm³/mol. The smallest absolute Gasteiger partial charge is 0.261 e. The fourth-order valence-corrected chi connectivity index (χ4v) is 8.25. The van der Waals surface area contributed by atoms with E-state index in [1.54, 1.807) is 0 Å². The Morgan fingerprint density at radius 2 is 1.48 bits per heavy atom. The highest BCUT2D eigenvalue weighted by Gasteiger charge is 2.49. The fraction of sp³-hybridized carbons (Fsp3) is 0.333. The third-order valence-corrected chi connectivity index (χ3v) is 10.4. The van der Waals surface area contributed by atoms with Gasteiger partial charge in [0.2, 0.25) is 0 Å². The molecule has 0 unspecified atom stereocenters. The zero-order valence-electron chi connectivity index (χ0n) is 15.2. The van der Waals surface area contributed by atoms with Gasteiger partial charge in [0.1, 0.15) is 0 Å². The van der Waals surface area contributed by atoms with E-state index in [1.165, 1.54) is 10.4 Å². The Morgan fingerprint density at radius 3 is 1.88 bits per heavy atom. The van der Waals surface area contributed by atoms with E-state index in [9.17, 15) is 0 Å². The van der Waals surface area contributed by atoms with Crippen molar-refractivity contribution >= 4 is 41.3 Å². The molecule has 0 saturated heterocycles. The number of benzene rings is 2. The van der Waals surface area contributed by atoms with E-state index in [1.807, 2.05) is 6.08 Å². The molecule has 0 aromatic heterocycles. The molecule has 2 aromatic carbocycles. The Bertz CT molecular complexity index is 639. The van der Waals surface area contributed by atoms with E-state index < -0.39 is 8.32 Å². The number of aliphatic hydroxyl groups is 1. The summed E-state index contributed by atoms with van der Waals surface area (Å²) in [7, 11) is -2.43. The second-order valence-corrected chi connectivity index (χ2v) is 12.8. The van der Waals surface area contributed by atoms with Gasteiger partial charge in [-0.15, -0.1) is 0 Å². The molecule has 0 saturated carbocycles. The average molecular weight is 466 g/mol. The Hall–Kier alpha value is -0.953. The molecule has 134 valence electrons. The first-order chi connectivity index (χ1) is 11.9. The van der Waals surface area contributed by atoms with E-state index in [0.29, 0.717) is 6.61 Å². The van der Waals surface area contributed by atoms with E-state index in [-0.39, 0.29) is 11.6 Å². The third-order valence-electron chi connectivity index (χ3n) is 4.39. The summed E-state index contributed by atoms with van der Waals surface area (Å²) < 4.78 is 7.93. The summed E-state index contributed by atoms with van der Waals surface area (Å²) in [6.45, 7) is 7.59. The summed E-state index contributed by atoms with van der Waals surface area (Å²) in [6.07, 6.45) is 2.67. The van der Waals surface area contributed by atoms with Crippen LogP contribution in [-0.2, 0) is 4.43 Å². The minimum Gasteiger partial charge on any atom is -0.407 e. The van der Waals surface area contributed by atoms with Crippen LogP contribution in [0.1, 0.15) is 27.2 Å². The topological polar surface area (TPSA) is 29.5 Å². The molecular formula is C21H27IO2Si. The quantitative estimate of drug-likeness (QED) is 0.488. The molecule has 0 aliphatic carbocycles. The average Bonchev–Trinajstić information content (AvgIpc) is 2.59. The van der Waals surface area contributed by atoms with Crippen molar-refractivity contribution in [1.82, 2.24) is 0 Å². The zero-order valence-corrected chi connectivity index (χ0v) is 18.4. The van der Waals surface area contributed by atoms with Gasteiger partial charge in [0, 0.05) is 13.0 Å². The van der Waals surface area contributed by atoms with Gasteiger partial charge in [0.25, 0.3) is 8.32 Å². The number of hydrogen-bond acceptors (Lipinski definition) is 2. The summed E-state index contributed by atoms with van der Waals surface area (Å²) in [5.74, 6) is 0. The minimum absolute atomic E-state index is 0.00182. The second-order valence-electron chi connectivity index (χ2n) is 7.10. The van der Waals surface area contributed by atoms with Crippen LogP contribution in [0.3, 0.4) is 0 Å². The van der Waals surface area contributed by atoms with Crippen molar-refractivity contribution in [1.29, 1.82) is 0 Å². The zero-order chi connectivity index (χ0) is 18.3. The molecule has 25 heavy (non-hydrogen) atoms. The molecule has 0 atom stereocenters. The molecule has 2 rings (SSSR count). The maximum absolute atomic E-state index is 9.07. The first-order valence-corrected chi connectivity index (χ1v) is 11.6. The van der Waals surface area contributed by atoms with Crippen molar-refractivity contribution in [2.45, 2.75) is 32.2 Å². The van der Waals surface area contributed by atoms with Gasteiger partial charge < -0.3 is 9.53 Å². The lowest BCUT2D eigenvalue weighted by Crippen LogP contribution is -2.66. The third kappa shape index (κ3) is 4.81. The first kappa shape index (κ1) is 20.4. The van der Waals surface area contributed by atoms with Crippen molar-refractivity contribution in [2.75, 3.05) is 13.2 Å². The van der Waals surface area contributed by atoms with Gasteiger partial charge >= 0.3 is 0 Å². The highest BCUT2D eigenvalue weighted by atomic mass is 127. The number of hydrogen-bond donors (Lipinski definition) is 1. The SMILES string of the molecule is CC(C)(C)[Si](OCCC(I)=CCO)(c1ccccc1)c1ccccc1. The van der Waals surface area contributed by atoms with Crippen LogP contribution in [0.25, 0.3) is 0 Å². The van der Waals surface area contributed by atoms with Crippen molar-refractivity contribution in [3.63, 3.8) is 0 Å². The molecule has 0 fully saturated rings. The monoisotopic (exact) mass is 466 g/mol. The van der Waals surface area contributed by atoms with Gasteiger partial charge in [-0.25, -0.2) is 0 Å². The second kappa shape index (κ2) is 9.12. The van der Waals surface area contributed by atoms with Crippen molar-refractivity contribution < 1.29 is 9.53 Å². The number of halogens is 1. The van der Waals surface area contributed by atoms with Gasteiger partial charge in [0.15, 0.2) is 0 Å². The van der Waals surface area contributed by atoms with Crippen LogP contribution in [0.2, 0.25) is 5.04 Å². The number of aliphatic hydroxyl groups excluding tert-OH is 1. The van der Waals surface area contributed by atoms with Gasteiger partial charge in [0.05, 0.1) is 6.61 Å². The minimum atomic E-state index is -2.43. The van der Waals surface area contributed by atoms with Crippen LogP contribution >= 0.6 is 22.6 Å². The number of rotatable bonds is 7. The van der Waals surface area contributed by atoms with Crippen LogP contribution in [0.4, 0.5) is 0 Å². The molecule has 2 nitrogen and oxygen atoms in total. The molecule has 4 heteroatoms. The molecule has 0 amide bonds. The van der Waals surface area contributed by atoms with Crippen molar-refractivity contribution in [3.05, 3.63) is 70.3 Å². The lowest BCUT2D eigenvalue weighted by atomic mass is 10.2. The normalized spacial score (nSPS) is 13.1. The summed E-state index contributed by atoms with van der Waals surface area (Å²) in [5, 5.41) is 11.7. The van der Waals surface area contributed by atoms with Crippen molar-refractivity contribution in [3.8, 4) is 0 Å². The van der Waals surface area contributed by atoms with Gasteiger partial charge in [-0.05, 0) is 47.7 Å². The Labute approximate surface area is 166 Å². The molecule has 0 aliphatic rings. The molecule has 2 aromatic rings. The van der Waals surface area contributed by atoms with Gasteiger partial charge in [-0.2, -0.15) is 0 Å². The summed E-state index contributed by atoms with van der Waals surface area (Å²) >= 11 is 2.28. The van der Waals surface area contributed by atoms with Crippen LogP contribution in [0.15, 0.2) is 70.3 Å². The lowest BCUT2D eigenvalue weighted by Gasteiger charge is -2.43. The lowest BCUT2D eigenvalue weighted by molar-refractivity contribution is 0.303. The molecule has 0 heterocycles. The van der Waals surface area contributed by atoms with E-state index >= 15 is 0 Å². The standard InChI is InChI=1S/C21H27IO2Si/c1-21(2,3)25(19-10-6-4-7-11-19,20-12-8-5-9-13-20)24-17-15-18(22)14-16-23/h4-14,23H,15-17H2,1-3H3. The van der Waals surface area contributed by atoms with Crippen LogP contribution < -0.4 is 10.4 Å². The molecule has 0 bridgehead atoms. The maximum Gasteiger partial charge on any atom is 0.261 e. The molecule has 0 aliphatic heterocycles. The summed E-state index contributed by atoms with van der Waals surface area (Å²) in [5.41, 5.74) is 0. The molecule has 0 spiro atoms. The van der Waals surface area contributed by atoms with E-state index in [4.69, 9.17) is 9.53 Å². The largest absolute Gasteiger partial charge is 0.407 e. The maximum atomic E-state index is 9.07. The van der Waals surface area contributed by atoms with E-state index in [2.05, 4.69) is 104 Å². The Balaban J connectivity index is 2.47. The van der Waals surface area contributed by atoms with Crippen LogP contribution in [0.5, 0.6) is 0 Å². The summed E-state index contributed by atoms with van der Waals surface area (Å²) in [6, 6.07) is 21.4.